The van der Waals surface area contributed by atoms with Gasteiger partial charge in [-0.05, 0) is 0 Å². The van der Waals surface area contributed by atoms with Gasteiger partial charge in [-0.25, -0.2) is 4.79 Å². The molecule has 0 unspecified atom stereocenters. The van der Waals surface area contributed by atoms with E-state index in [2.05, 4.69) is 15.0 Å². The first-order chi connectivity index (χ1) is 6.18. The minimum atomic E-state index is -0.617. The number of pyridine rings is 1. The zero-order valence-electron chi connectivity index (χ0n) is 6.50. The van der Waals surface area contributed by atoms with Crippen molar-refractivity contribution in [2.75, 3.05) is 0 Å². The number of primary amides is 1. The number of carbonyl (C=O) groups is 1. The van der Waals surface area contributed by atoms with Gasteiger partial charge >= 0.3 is 5.69 Å². The summed E-state index contributed by atoms with van der Waals surface area (Å²) in [6, 6.07) is 0. The van der Waals surface area contributed by atoms with Gasteiger partial charge in [0.05, 0.1) is 22.8 Å². The largest absolute Gasteiger partial charge is 0.365 e. The molecule has 1 amide bonds. The molecule has 0 aromatic carbocycles. The van der Waals surface area contributed by atoms with E-state index in [1.807, 2.05) is 0 Å². The topological polar surface area (TPSA) is 105 Å². The molecule has 0 fully saturated rings. The third kappa shape index (κ3) is 1.08. The zero-order chi connectivity index (χ0) is 9.42. The summed E-state index contributed by atoms with van der Waals surface area (Å²) in [5.74, 6) is -0.617. The molecule has 0 aliphatic heterocycles. The molecule has 0 saturated carbocycles. The quantitative estimate of drug-likeness (QED) is 0.540. The number of carbonyl (C=O) groups excluding carboxylic acids is 1. The molecule has 13 heavy (non-hydrogen) atoms. The molecule has 4 N–H and O–H groups in total. The monoisotopic (exact) mass is 178 g/mol. The Kier molecular flexibility index (Phi) is 1.42. The molecule has 0 radical (unpaired) electrons. The Morgan fingerprint density at radius 2 is 2.15 bits per heavy atom. The van der Waals surface area contributed by atoms with Crippen LogP contribution in [-0.2, 0) is 0 Å². The SMILES string of the molecule is NC(=O)c1cncc2[nH]c(=O)[nH]c12. The van der Waals surface area contributed by atoms with Crippen LogP contribution in [0.5, 0.6) is 0 Å². The lowest BCUT2D eigenvalue weighted by atomic mass is 10.2. The van der Waals surface area contributed by atoms with E-state index < -0.39 is 5.91 Å². The van der Waals surface area contributed by atoms with E-state index in [0.29, 0.717) is 11.0 Å². The van der Waals surface area contributed by atoms with Gasteiger partial charge in [0.25, 0.3) is 5.91 Å². The van der Waals surface area contributed by atoms with Gasteiger partial charge in [-0.15, -0.1) is 0 Å². The normalized spacial score (nSPS) is 10.5. The first-order valence-electron chi connectivity index (χ1n) is 3.54. The summed E-state index contributed by atoms with van der Waals surface area (Å²) < 4.78 is 0. The fourth-order valence-corrected chi connectivity index (χ4v) is 1.14. The molecule has 0 atom stereocenters. The van der Waals surface area contributed by atoms with Crippen molar-refractivity contribution in [1.82, 2.24) is 15.0 Å². The van der Waals surface area contributed by atoms with Crippen LogP contribution in [0.25, 0.3) is 11.0 Å². The van der Waals surface area contributed by atoms with Gasteiger partial charge in [0.15, 0.2) is 0 Å². The van der Waals surface area contributed by atoms with Gasteiger partial charge in [-0.2, -0.15) is 0 Å². The lowest BCUT2D eigenvalue weighted by Gasteiger charge is -1.94. The minimum absolute atomic E-state index is 0.204. The number of rotatable bonds is 1. The average Bonchev–Trinajstić information content (AvgIpc) is 2.43. The molecule has 2 heterocycles. The molecule has 0 spiro atoms. The second-order valence-electron chi connectivity index (χ2n) is 2.55. The minimum Gasteiger partial charge on any atom is -0.365 e. The molecule has 0 aliphatic carbocycles. The lowest BCUT2D eigenvalue weighted by molar-refractivity contribution is 0.100. The Morgan fingerprint density at radius 3 is 2.85 bits per heavy atom. The van der Waals surface area contributed by atoms with Gasteiger partial charge in [-0.3, -0.25) is 9.78 Å². The summed E-state index contributed by atoms with van der Waals surface area (Å²) in [6.45, 7) is 0. The summed E-state index contributed by atoms with van der Waals surface area (Å²) in [5.41, 5.74) is 5.76. The maximum atomic E-state index is 10.9. The van der Waals surface area contributed by atoms with Crippen molar-refractivity contribution in [2.45, 2.75) is 0 Å². The van der Waals surface area contributed by atoms with Crippen LogP contribution in [0, 0.1) is 0 Å². The molecular formula is C7H6N4O2. The predicted molar refractivity (Wildman–Crippen MR) is 45.2 cm³/mol. The van der Waals surface area contributed by atoms with Crippen molar-refractivity contribution in [3.63, 3.8) is 0 Å². The highest BCUT2D eigenvalue weighted by molar-refractivity contribution is 6.03. The summed E-state index contributed by atoms with van der Waals surface area (Å²) >= 11 is 0. The van der Waals surface area contributed by atoms with Crippen molar-refractivity contribution in [3.8, 4) is 0 Å². The summed E-state index contributed by atoms with van der Waals surface area (Å²) in [5, 5.41) is 0. The highest BCUT2D eigenvalue weighted by Gasteiger charge is 2.08. The Bertz CT molecular complexity index is 525. The van der Waals surface area contributed by atoms with Crippen LogP contribution in [0.2, 0.25) is 0 Å². The van der Waals surface area contributed by atoms with Crippen LogP contribution in [0.15, 0.2) is 17.2 Å². The molecule has 0 saturated heterocycles. The summed E-state index contributed by atoms with van der Waals surface area (Å²) in [6.07, 6.45) is 2.76. The number of hydrogen-bond donors (Lipinski definition) is 3. The fraction of sp³-hybridized carbons (Fsp3) is 0. The van der Waals surface area contributed by atoms with E-state index in [-0.39, 0.29) is 11.3 Å². The number of nitrogens with one attached hydrogen (secondary N) is 2. The maximum Gasteiger partial charge on any atom is 0.323 e. The average molecular weight is 178 g/mol. The van der Waals surface area contributed by atoms with Crippen LogP contribution < -0.4 is 11.4 Å². The van der Waals surface area contributed by atoms with Gasteiger partial charge < -0.3 is 15.7 Å². The third-order valence-electron chi connectivity index (χ3n) is 1.70. The molecular weight excluding hydrogens is 172 g/mol. The number of fused-ring (bicyclic) bond motifs is 1. The summed E-state index contributed by atoms with van der Waals surface area (Å²) in [4.78, 5) is 30.4. The molecule has 6 heteroatoms. The highest BCUT2D eigenvalue weighted by atomic mass is 16.1. The standard InChI is InChI=1S/C7H6N4O2/c8-6(12)3-1-9-2-4-5(3)11-7(13)10-4/h1-2H,(H2,8,12)(H2,10,11,13). The van der Waals surface area contributed by atoms with E-state index >= 15 is 0 Å². The van der Waals surface area contributed by atoms with Crippen molar-refractivity contribution < 1.29 is 4.79 Å². The van der Waals surface area contributed by atoms with E-state index in [4.69, 9.17) is 5.73 Å². The molecule has 6 nitrogen and oxygen atoms in total. The lowest BCUT2D eigenvalue weighted by Crippen LogP contribution is -2.12. The zero-order valence-corrected chi connectivity index (χ0v) is 6.50. The van der Waals surface area contributed by atoms with Crippen LogP contribution in [0.3, 0.4) is 0 Å². The number of H-pyrrole nitrogens is 2. The Hall–Kier alpha value is -2.11. The molecule has 0 bridgehead atoms. The number of imidazole rings is 1. The van der Waals surface area contributed by atoms with Crippen LogP contribution in [-0.4, -0.2) is 20.9 Å². The van der Waals surface area contributed by atoms with Gasteiger partial charge in [0, 0.05) is 6.20 Å². The van der Waals surface area contributed by atoms with Crippen molar-refractivity contribution in [3.05, 3.63) is 28.4 Å². The number of amides is 1. The molecule has 2 aromatic rings. The predicted octanol–water partition coefficient (Wildman–Crippen LogP) is -0.650. The van der Waals surface area contributed by atoms with E-state index in [1.165, 1.54) is 12.4 Å². The Labute approximate surface area is 71.8 Å². The third-order valence-corrected chi connectivity index (χ3v) is 1.70. The van der Waals surface area contributed by atoms with E-state index in [1.54, 1.807) is 0 Å². The second-order valence-corrected chi connectivity index (χ2v) is 2.55. The number of nitrogens with zero attached hydrogens (tertiary/aromatic N) is 1. The highest BCUT2D eigenvalue weighted by Crippen LogP contribution is 2.09. The van der Waals surface area contributed by atoms with Crippen LogP contribution in [0.1, 0.15) is 10.4 Å². The van der Waals surface area contributed by atoms with Gasteiger partial charge in [0.2, 0.25) is 0 Å². The second kappa shape index (κ2) is 2.44. The maximum absolute atomic E-state index is 10.9. The summed E-state index contributed by atoms with van der Waals surface area (Å²) in [7, 11) is 0. The van der Waals surface area contributed by atoms with Crippen LogP contribution in [0.4, 0.5) is 0 Å². The Balaban J connectivity index is 2.90. The smallest absolute Gasteiger partial charge is 0.323 e. The number of aromatic amines is 2. The molecule has 2 aromatic heterocycles. The van der Waals surface area contributed by atoms with Crippen molar-refractivity contribution in [1.29, 1.82) is 0 Å². The van der Waals surface area contributed by atoms with Gasteiger partial charge in [-0.1, -0.05) is 0 Å². The number of aromatic nitrogens is 3. The number of nitrogens with two attached hydrogens (primary N) is 1. The first-order valence-corrected chi connectivity index (χ1v) is 3.54. The molecule has 66 valence electrons. The Morgan fingerprint density at radius 1 is 1.38 bits per heavy atom. The van der Waals surface area contributed by atoms with Crippen molar-refractivity contribution in [2.24, 2.45) is 5.73 Å². The van der Waals surface area contributed by atoms with Gasteiger partial charge in [0.1, 0.15) is 0 Å². The number of hydrogen-bond acceptors (Lipinski definition) is 3. The molecule has 0 aliphatic rings. The molecule has 2 rings (SSSR count). The fourth-order valence-electron chi connectivity index (χ4n) is 1.14. The van der Waals surface area contributed by atoms with E-state index in [9.17, 15) is 9.59 Å². The first kappa shape index (κ1) is 7.53. The van der Waals surface area contributed by atoms with Crippen LogP contribution >= 0.6 is 0 Å². The van der Waals surface area contributed by atoms with E-state index in [0.717, 1.165) is 0 Å². The van der Waals surface area contributed by atoms with Crippen molar-refractivity contribution >= 4 is 16.9 Å².